The molecule has 0 saturated heterocycles. The Morgan fingerprint density at radius 3 is 2.77 bits per heavy atom. The van der Waals surface area contributed by atoms with Crippen LogP contribution in [0.5, 0.6) is 0 Å². The van der Waals surface area contributed by atoms with Gasteiger partial charge in [0.2, 0.25) is 5.95 Å². The molecule has 2 aliphatic carbocycles. The van der Waals surface area contributed by atoms with Crippen LogP contribution >= 0.6 is 0 Å². The molecule has 0 unspecified atom stereocenters. The van der Waals surface area contributed by atoms with Gasteiger partial charge in [-0.25, -0.2) is 9.67 Å². The molecule has 0 bridgehead atoms. The standard InChI is InChI=1S/C26H29N7O2/c1-25(2)14-27-11-15-10-16(4-7-19(15)25)29-23-28-12-18-21(31-23)33(32(22(18)34)17-5-6-17)24-30-20(13-35-24)26(3)8-9-26/h4,7,10,12-13,17,27H,5-6,8-9,11,14H2,1-3H3,(H,28,29,31). The summed E-state index contributed by atoms with van der Waals surface area (Å²) in [5, 5.41) is 7.31. The number of hydrogen-bond acceptors (Lipinski definition) is 7. The molecule has 0 radical (unpaired) electrons. The zero-order chi connectivity index (χ0) is 23.9. The van der Waals surface area contributed by atoms with Crippen LogP contribution < -0.4 is 16.2 Å². The first-order valence-electron chi connectivity index (χ1n) is 12.4. The summed E-state index contributed by atoms with van der Waals surface area (Å²) < 4.78 is 9.38. The third-order valence-electron chi connectivity index (χ3n) is 7.78. The molecule has 3 aromatic heterocycles. The van der Waals surface area contributed by atoms with E-state index >= 15 is 0 Å². The first-order chi connectivity index (χ1) is 16.8. The van der Waals surface area contributed by atoms with Gasteiger partial charge in [-0.2, -0.15) is 14.6 Å². The average molecular weight is 472 g/mol. The normalized spacial score (nSPS) is 20.1. The van der Waals surface area contributed by atoms with Gasteiger partial charge >= 0.3 is 6.01 Å². The third kappa shape index (κ3) is 3.32. The minimum atomic E-state index is -0.103. The Labute approximate surface area is 202 Å². The molecule has 4 heterocycles. The van der Waals surface area contributed by atoms with Crippen molar-refractivity contribution >= 4 is 22.7 Å². The maximum Gasteiger partial charge on any atom is 0.323 e. The molecule has 1 aromatic carbocycles. The highest BCUT2D eigenvalue weighted by atomic mass is 16.4. The fourth-order valence-corrected chi connectivity index (χ4v) is 5.19. The second-order valence-electron chi connectivity index (χ2n) is 11.2. The molecule has 9 heteroatoms. The van der Waals surface area contributed by atoms with Gasteiger partial charge < -0.3 is 15.1 Å². The van der Waals surface area contributed by atoms with Gasteiger partial charge in [-0.05, 0) is 48.9 Å². The van der Waals surface area contributed by atoms with E-state index in [0.29, 0.717) is 23.0 Å². The first kappa shape index (κ1) is 20.9. The van der Waals surface area contributed by atoms with E-state index in [2.05, 4.69) is 54.6 Å². The highest BCUT2D eigenvalue weighted by molar-refractivity contribution is 5.76. The zero-order valence-corrected chi connectivity index (χ0v) is 20.3. The Bertz CT molecular complexity index is 1540. The lowest BCUT2D eigenvalue weighted by Crippen LogP contribution is -2.38. The Morgan fingerprint density at radius 2 is 2.00 bits per heavy atom. The zero-order valence-electron chi connectivity index (χ0n) is 20.3. The van der Waals surface area contributed by atoms with E-state index in [4.69, 9.17) is 14.4 Å². The smallest absolute Gasteiger partial charge is 0.323 e. The number of fused-ring (bicyclic) bond motifs is 2. The average Bonchev–Trinajstić information content (AvgIpc) is 3.73. The largest absolute Gasteiger partial charge is 0.430 e. The summed E-state index contributed by atoms with van der Waals surface area (Å²) >= 11 is 0. The first-order valence-corrected chi connectivity index (χ1v) is 12.4. The number of oxazole rings is 1. The van der Waals surface area contributed by atoms with Crippen LogP contribution in [0.25, 0.3) is 17.0 Å². The Morgan fingerprint density at radius 1 is 1.17 bits per heavy atom. The van der Waals surface area contributed by atoms with Crippen molar-refractivity contribution in [3.8, 4) is 6.01 Å². The summed E-state index contributed by atoms with van der Waals surface area (Å²) in [5.41, 5.74) is 5.05. The van der Waals surface area contributed by atoms with E-state index in [1.165, 1.54) is 11.1 Å². The van der Waals surface area contributed by atoms with Gasteiger partial charge in [-0.15, -0.1) is 0 Å². The van der Waals surface area contributed by atoms with Crippen molar-refractivity contribution in [3.63, 3.8) is 0 Å². The number of nitrogens with one attached hydrogen (secondary N) is 2. The Hall–Kier alpha value is -3.46. The summed E-state index contributed by atoms with van der Waals surface area (Å²) in [6, 6.07) is 6.92. The van der Waals surface area contributed by atoms with Crippen molar-refractivity contribution < 1.29 is 4.42 Å². The van der Waals surface area contributed by atoms with E-state index in [-0.39, 0.29) is 22.4 Å². The van der Waals surface area contributed by atoms with Crippen molar-refractivity contribution in [1.29, 1.82) is 0 Å². The summed E-state index contributed by atoms with van der Waals surface area (Å²) in [4.78, 5) is 27.3. The second-order valence-corrected chi connectivity index (χ2v) is 11.2. The Balaban J connectivity index is 1.30. The lowest BCUT2D eigenvalue weighted by Gasteiger charge is -2.33. The van der Waals surface area contributed by atoms with Crippen LogP contribution in [0.4, 0.5) is 11.6 Å². The second kappa shape index (κ2) is 7.04. The molecule has 1 aliphatic heterocycles. The minimum absolute atomic E-state index is 0.0764. The number of hydrogen-bond donors (Lipinski definition) is 2. The summed E-state index contributed by atoms with van der Waals surface area (Å²) in [5.74, 6) is 0.433. The van der Waals surface area contributed by atoms with Gasteiger partial charge in [0.15, 0.2) is 5.65 Å². The number of benzene rings is 1. The molecule has 0 amide bonds. The lowest BCUT2D eigenvalue weighted by molar-refractivity contribution is 0.435. The maximum absolute atomic E-state index is 13.3. The molecule has 4 aromatic rings. The monoisotopic (exact) mass is 471 g/mol. The van der Waals surface area contributed by atoms with Gasteiger partial charge in [0.1, 0.15) is 11.6 Å². The van der Waals surface area contributed by atoms with E-state index < -0.39 is 0 Å². The van der Waals surface area contributed by atoms with Crippen LogP contribution in [0.3, 0.4) is 0 Å². The number of aromatic nitrogens is 5. The van der Waals surface area contributed by atoms with Gasteiger partial charge in [-0.1, -0.05) is 26.8 Å². The molecular formula is C26H29N7O2. The van der Waals surface area contributed by atoms with Crippen molar-refractivity contribution in [2.24, 2.45) is 0 Å². The molecule has 35 heavy (non-hydrogen) atoms. The topological polar surface area (TPSA) is 103 Å². The molecule has 0 spiro atoms. The quantitative estimate of drug-likeness (QED) is 0.452. The van der Waals surface area contributed by atoms with E-state index in [1.807, 2.05) is 0 Å². The molecule has 7 rings (SSSR count). The SMILES string of the molecule is CC1(C)CNCc2cc(Nc3ncc4c(=O)n(C5CC5)n(-c5nc(C6(C)CC6)co5)c4n3)ccc21. The predicted molar refractivity (Wildman–Crippen MR) is 133 cm³/mol. The van der Waals surface area contributed by atoms with Gasteiger partial charge in [0.25, 0.3) is 5.56 Å². The van der Waals surface area contributed by atoms with Crippen molar-refractivity contribution in [1.82, 2.24) is 29.6 Å². The number of nitrogens with zero attached hydrogens (tertiary/aromatic N) is 5. The molecule has 9 nitrogen and oxygen atoms in total. The summed E-state index contributed by atoms with van der Waals surface area (Å²) in [6.45, 7) is 8.50. The van der Waals surface area contributed by atoms with Crippen molar-refractivity contribution in [2.75, 3.05) is 11.9 Å². The number of anilines is 2. The molecule has 3 aliphatic rings. The lowest BCUT2D eigenvalue weighted by atomic mass is 9.79. The fraction of sp³-hybridized carbons (Fsp3) is 0.462. The molecule has 0 atom stereocenters. The van der Waals surface area contributed by atoms with Crippen LogP contribution in [0.2, 0.25) is 0 Å². The molecule has 2 N–H and O–H groups in total. The minimum Gasteiger partial charge on any atom is -0.430 e. The highest BCUT2D eigenvalue weighted by Gasteiger charge is 2.42. The highest BCUT2D eigenvalue weighted by Crippen LogP contribution is 2.47. The molecule has 2 saturated carbocycles. The van der Waals surface area contributed by atoms with Gasteiger partial charge in [0.05, 0.1) is 11.7 Å². The van der Waals surface area contributed by atoms with E-state index in [1.54, 1.807) is 21.8 Å². The Kier molecular flexibility index (Phi) is 4.20. The van der Waals surface area contributed by atoms with E-state index in [9.17, 15) is 4.79 Å². The maximum atomic E-state index is 13.3. The van der Waals surface area contributed by atoms with Crippen molar-refractivity contribution in [2.45, 2.75) is 69.9 Å². The molecular weight excluding hydrogens is 442 g/mol. The van der Waals surface area contributed by atoms with Crippen LogP contribution in [0.15, 0.2) is 39.9 Å². The third-order valence-corrected chi connectivity index (χ3v) is 7.78. The molecule has 2 fully saturated rings. The predicted octanol–water partition coefficient (Wildman–Crippen LogP) is 4.08. The fourth-order valence-electron chi connectivity index (χ4n) is 5.19. The van der Waals surface area contributed by atoms with Crippen LogP contribution in [-0.2, 0) is 17.4 Å². The van der Waals surface area contributed by atoms with Crippen LogP contribution in [0, 0.1) is 0 Å². The summed E-state index contributed by atoms with van der Waals surface area (Å²) in [7, 11) is 0. The summed E-state index contributed by atoms with van der Waals surface area (Å²) in [6.07, 6.45) is 7.45. The van der Waals surface area contributed by atoms with Crippen LogP contribution in [0.1, 0.15) is 69.3 Å². The van der Waals surface area contributed by atoms with Gasteiger partial charge in [-0.3, -0.25) is 4.79 Å². The van der Waals surface area contributed by atoms with Crippen LogP contribution in [-0.4, -0.2) is 30.9 Å². The van der Waals surface area contributed by atoms with Gasteiger partial charge in [0, 0.05) is 35.8 Å². The van der Waals surface area contributed by atoms with Crippen molar-refractivity contribution in [3.05, 3.63) is 57.8 Å². The molecule has 180 valence electrons. The number of rotatable bonds is 5. The van der Waals surface area contributed by atoms with E-state index in [0.717, 1.165) is 50.2 Å².